The van der Waals surface area contributed by atoms with Gasteiger partial charge in [0, 0.05) is 10.9 Å². The third kappa shape index (κ3) is 2.39. The normalized spacial score (nSPS) is 17.1. The van der Waals surface area contributed by atoms with Crippen molar-refractivity contribution in [1.82, 2.24) is 4.98 Å². The van der Waals surface area contributed by atoms with Crippen molar-refractivity contribution in [2.45, 2.75) is 20.0 Å². The average molecular weight is 298 g/mol. The van der Waals surface area contributed by atoms with Gasteiger partial charge in [-0.15, -0.1) is 17.8 Å². The van der Waals surface area contributed by atoms with E-state index in [0.29, 0.717) is 11.4 Å². The van der Waals surface area contributed by atoms with Gasteiger partial charge in [-0.3, -0.25) is 9.69 Å². The summed E-state index contributed by atoms with van der Waals surface area (Å²) in [4.78, 5) is 18.3. The Kier molecular flexibility index (Phi) is 3.40. The number of anilines is 1. The lowest BCUT2D eigenvalue weighted by Gasteiger charge is -2.32. The number of aryl methyl sites for hydroxylation is 1. The van der Waals surface area contributed by atoms with E-state index >= 15 is 0 Å². The fraction of sp³-hybridized carbons (Fsp3) is 0.250. The van der Waals surface area contributed by atoms with Crippen molar-refractivity contribution in [1.29, 1.82) is 0 Å². The molecule has 0 saturated heterocycles. The molecule has 0 radical (unpaired) electrons. The molecule has 0 saturated carbocycles. The van der Waals surface area contributed by atoms with Crippen molar-refractivity contribution in [2.75, 3.05) is 11.4 Å². The van der Waals surface area contributed by atoms with E-state index in [1.54, 1.807) is 23.2 Å². The highest BCUT2D eigenvalue weighted by Gasteiger charge is 2.31. The third-order valence-corrected chi connectivity index (χ3v) is 4.10. The second-order valence-electron chi connectivity index (χ2n) is 4.82. The Labute approximate surface area is 127 Å². The van der Waals surface area contributed by atoms with E-state index in [9.17, 15) is 4.79 Å². The Hall–Kier alpha value is -2.32. The molecule has 1 aliphatic heterocycles. The molecule has 2 aromatic rings. The number of carbonyl (C=O) groups is 1. The van der Waals surface area contributed by atoms with Crippen LogP contribution in [0.5, 0.6) is 5.75 Å². The van der Waals surface area contributed by atoms with Crippen LogP contribution in [0.2, 0.25) is 0 Å². The van der Waals surface area contributed by atoms with Crippen LogP contribution in [0.1, 0.15) is 11.9 Å². The molecule has 106 valence electrons. The molecule has 1 atom stereocenters. The number of hydrogen-bond acceptors (Lipinski definition) is 4. The number of amides is 1. The number of ether oxygens (including phenoxy) is 1. The van der Waals surface area contributed by atoms with Gasteiger partial charge < -0.3 is 4.74 Å². The third-order valence-electron chi connectivity index (χ3n) is 3.33. The molecule has 21 heavy (non-hydrogen) atoms. The van der Waals surface area contributed by atoms with Gasteiger partial charge in [0.25, 0.3) is 5.91 Å². The first-order valence-corrected chi connectivity index (χ1v) is 7.46. The number of hydrogen-bond donors (Lipinski definition) is 0. The fourth-order valence-corrected chi connectivity index (χ4v) is 2.94. The number of thiazole rings is 1. The van der Waals surface area contributed by atoms with Crippen LogP contribution >= 0.6 is 11.3 Å². The summed E-state index contributed by atoms with van der Waals surface area (Å²) >= 11 is 1.59. The summed E-state index contributed by atoms with van der Waals surface area (Å²) in [5.41, 5.74) is 2.55. The largest absolute Gasteiger partial charge is 0.479 e. The summed E-state index contributed by atoms with van der Waals surface area (Å²) < 4.78 is 5.64. The van der Waals surface area contributed by atoms with Crippen molar-refractivity contribution in [2.24, 2.45) is 0 Å². The summed E-state index contributed by atoms with van der Waals surface area (Å²) in [6.07, 6.45) is 4.87. The Morgan fingerprint density at radius 1 is 1.52 bits per heavy atom. The zero-order valence-electron chi connectivity index (χ0n) is 11.8. The lowest BCUT2D eigenvalue weighted by atomic mass is 10.1. The molecule has 3 rings (SSSR count). The molecular weight excluding hydrogens is 284 g/mol. The molecule has 1 aromatic heterocycles. The van der Waals surface area contributed by atoms with Crippen molar-refractivity contribution in [3.05, 3.63) is 28.6 Å². The highest BCUT2D eigenvalue weighted by Crippen LogP contribution is 2.37. The highest BCUT2D eigenvalue weighted by atomic mass is 32.1. The van der Waals surface area contributed by atoms with E-state index in [1.807, 2.05) is 30.5 Å². The monoisotopic (exact) mass is 298 g/mol. The van der Waals surface area contributed by atoms with Crippen molar-refractivity contribution in [3.63, 3.8) is 0 Å². The highest BCUT2D eigenvalue weighted by molar-refractivity contribution is 7.09. The Balaban J connectivity index is 2.08. The van der Waals surface area contributed by atoms with Gasteiger partial charge in [0.1, 0.15) is 5.75 Å². The van der Waals surface area contributed by atoms with Gasteiger partial charge in [0.2, 0.25) is 0 Å². The summed E-state index contributed by atoms with van der Waals surface area (Å²) in [6, 6.07) is 5.72. The predicted octanol–water partition coefficient (Wildman–Crippen LogP) is 2.87. The summed E-state index contributed by atoms with van der Waals surface area (Å²) in [7, 11) is 0. The van der Waals surface area contributed by atoms with Crippen LogP contribution < -0.4 is 9.64 Å². The number of fused-ring (bicyclic) bond motifs is 1. The number of aromatic nitrogens is 1. The first kappa shape index (κ1) is 13.7. The standard InChI is InChI=1S/C16H14N2O2S/c1-4-7-18-14-8-12(13-9-21-11(3)17-13)5-6-15(14)20-10(2)16(18)19/h1,5-6,8-10H,7H2,2-3H3. The van der Waals surface area contributed by atoms with Crippen LogP contribution in [0, 0.1) is 19.3 Å². The number of benzene rings is 1. The van der Waals surface area contributed by atoms with Gasteiger partial charge >= 0.3 is 0 Å². The number of terminal acetylenes is 1. The first-order valence-electron chi connectivity index (χ1n) is 6.58. The van der Waals surface area contributed by atoms with E-state index < -0.39 is 6.10 Å². The SMILES string of the molecule is C#CCN1C(=O)C(C)Oc2ccc(-c3csc(C)n3)cc21. The van der Waals surface area contributed by atoms with Gasteiger partial charge in [-0.25, -0.2) is 4.98 Å². The van der Waals surface area contributed by atoms with E-state index in [4.69, 9.17) is 11.2 Å². The van der Waals surface area contributed by atoms with Crippen molar-refractivity contribution >= 4 is 22.9 Å². The quantitative estimate of drug-likeness (QED) is 0.801. The number of carbonyl (C=O) groups excluding carboxylic acids is 1. The maximum atomic E-state index is 12.2. The zero-order chi connectivity index (χ0) is 15.0. The van der Waals surface area contributed by atoms with Crippen LogP contribution in [0.3, 0.4) is 0 Å². The van der Waals surface area contributed by atoms with Crippen molar-refractivity contribution < 1.29 is 9.53 Å². The minimum absolute atomic E-state index is 0.118. The molecule has 1 aliphatic rings. The second-order valence-corrected chi connectivity index (χ2v) is 5.89. The zero-order valence-corrected chi connectivity index (χ0v) is 12.6. The smallest absolute Gasteiger partial charge is 0.268 e. The molecule has 1 unspecified atom stereocenters. The lowest BCUT2D eigenvalue weighted by Crippen LogP contribution is -2.44. The molecule has 4 nitrogen and oxygen atoms in total. The van der Waals surface area contributed by atoms with Gasteiger partial charge in [0.05, 0.1) is 22.9 Å². The van der Waals surface area contributed by atoms with Gasteiger partial charge in [-0.2, -0.15) is 0 Å². The van der Waals surface area contributed by atoms with Crippen LogP contribution in [0.25, 0.3) is 11.3 Å². The average Bonchev–Trinajstić information content (AvgIpc) is 2.90. The summed E-state index contributed by atoms with van der Waals surface area (Å²) in [6.45, 7) is 3.93. The number of rotatable bonds is 2. The van der Waals surface area contributed by atoms with E-state index in [2.05, 4.69) is 10.9 Å². The van der Waals surface area contributed by atoms with E-state index in [-0.39, 0.29) is 12.5 Å². The molecule has 1 aromatic carbocycles. The van der Waals surface area contributed by atoms with Crippen LogP contribution in [0.4, 0.5) is 5.69 Å². The van der Waals surface area contributed by atoms with Gasteiger partial charge in [0.15, 0.2) is 6.10 Å². The predicted molar refractivity (Wildman–Crippen MR) is 83.6 cm³/mol. The Morgan fingerprint density at radius 3 is 3.00 bits per heavy atom. The molecule has 2 heterocycles. The molecule has 0 aliphatic carbocycles. The lowest BCUT2D eigenvalue weighted by molar-refractivity contribution is -0.125. The minimum atomic E-state index is -0.516. The topological polar surface area (TPSA) is 42.4 Å². The summed E-state index contributed by atoms with van der Waals surface area (Å²) in [5, 5.41) is 3.00. The van der Waals surface area contributed by atoms with Crippen LogP contribution in [0.15, 0.2) is 23.6 Å². The second kappa shape index (κ2) is 5.23. The molecule has 0 bridgehead atoms. The fourth-order valence-electron chi connectivity index (χ4n) is 2.32. The maximum absolute atomic E-state index is 12.2. The first-order chi connectivity index (χ1) is 10.1. The van der Waals surface area contributed by atoms with Gasteiger partial charge in [-0.1, -0.05) is 5.92 Å². The minimum Gasteiger partial charge on any atom is -0.479 e. The Morgan fingerprint density at radius 2 is 2.33 bits per heavy atom. The van der Waals surface area contributed by atoms with E-state index in [0.717, 1.165) is 16.3 Å². The molecule has 5 heteroatoms. The molecule has 0 fully saturated rings. The Bertz CT molecular complexity index is 745. The summed E-state index contributed by atoms with van der Waals surface area (Å²) in [5.74, 6) is 3.08. The molecule has 0 spiro atoms. The van der Waals surface area contributed by atoms with Crippen LogP contribution in [-0.4, -0.2) is 23.5 Å². The van der Waals surface area contributed by atoms with Gasteiger partial charge in [-0.05, 0) is 32.0 Å². The molecular formula is C16H14N2O2S. The van der Waals surface area contributed by atoms with Crippen molar-refractivity contribution in [3.8, 4) is 29.4 Å². The maximum Gasteiger partial charge on any atom is 0.268 e. The van der Waals surface area contributed by atoms with E-state index in [1.165, 1.54) is 0 Å². The molecule has 0 N–H and O–H groups in total. The van der Waals surface area contributed by atoms with Crippen LogP contribution in [-0.2, 0) is 4.79 Å². The molecule has 1 amide bonds. The number of nitrogens with zero attached hydrogens (tertiary/aromatic N) is 2.